The summed E-state index contributed by atoms with van der Waals surface area (Å²) in [6, 6.07) is 21.8. The molecule has 0 aliphatic rings. The van der Waals surface area contributed by atoms with Gasteiger partial charge in [0, 0.05) is 55.8 Å². The van der Waals surface area contributed by atoms with Gasteiger partial charge < -0.3 is 15.2 Å². The van der Waals surface area contributed by atoms with Crippen LogP contribution in [0, 0.1) is 0 Å². The summed E-state index contributed by atoms with van der Waals surface area (Å²) in [5.41, 5.74) is 3.56. The van der Waals surface area contributed by atoms with E-state index in [1.807, 2.05) is 67.5 Å². The van der Waals surface area contributed by atoms with Gasteiger partial charge in [0.25, 0.3) is 11.5 Å². The van der Waals surface area contributed by atoms with Gasteiger partial charge in [-0.3, -0.25) is 14.6 Å². The normalized spacial score (nSPS) is 11.6. The summed E-state index contributed by atoms with van der Waals surface area (Å²) >= 11 is 0. The highest BCUT2D eigenvalue weighted by molar-refractivity contribution is 5.94. The minimum absolute atomic E-state index is 0.188. The molecule has 4 rings (SSSR count). The summed E-state index contributed by atoms with van der Waals surface area (Å²) in [4.78, 5) is 38.8. The largest absolute Gasteiger partial charge is 0.378 e. The van der Waals surface area contributed by atoms with E-state index in [0.717, 1.165) is 16.8 Å². The average Bonchev–Trinajstić information content (AvgIpc) is 2.84. The Kier molecular flexibility index (Phi) is 6.59. The number of nitrogens with one attached hydrogen (secondary N) is 2. The average molecular weight is 440 g/mol. The molecular formula is C26H25N5O2. The summed E-state index contributed by atoms with van der Waals surface area (Å²) in [7, 11) is 3.91. The lowest BCUT2D eigenvalue weighted by Gasteiger charge is -2.20. The van der Waals surface area contributed by atoms with Crippen molar-refractivity contribution in [3.63, 3.8) is 0 Å². The zero-order chi connectivity index (χ0) is 23.2. The Labute approximate surface area is 192 Å². The number of benzene rings is 2. The maximum Gasteiger partial charge on any atom is 0.251 e. The van der Waals surface area contributed by atoms with Crippen LogP contribution >= 0.6 is 0 Å². The van der Waals surface area contributed by atoms with E-state index in [1.165, 1.54) is 6.07 Å². The molecule has 1 atom stereocenters. The third kappa shape index (κ3) is 5.51. The Morgan fingerprint density at radius 2 is 1.79 bits per heavy atom. The molecule has 2 aromatic carbocycles. The summed E-state index contributed by atoms with van der Waals surface area (Å²) in [6.07, 6.45) is 3.68. The van der Waals surface area contributed by atoms with Crippen molar-refractivity contribution in [3.05, 3.63) is 112 Å². The van der Waals surface area contributed by atoms with Gasteiger partial charge in [-0.15, -0.1) is 0 Å². The summed E-state index contributed by atoms with van der Waals surface area (Å²) in [6.45, 7) is 0. The van der Waals surface area contributed by atoms with E-state index in [-0.39, 0.29) is 17.5 Å². The molecule has 0 saturated carbocycles. The second kappa shape index (κ2) is 9.91. The number of H-pyrrole nitrogens is 1. The van der Waals surface area contributed by atoms with Crippen LogP contribution in [-0.2, 0) is 6.42 Å². The molecule has 0 bridgehead atoms. The van der Waals surface area contributed by atoms with Gasteiger partial charge in [-0.05, 0) is 42.0 Å². The van der Waals surface area contributed by atoms with Crippen molar-refractivity contribution in [3.8, 4) is 11.4 Å². The van der Waals surface area contributed by atoms with Crippen LogP contribution in [0.5, 0.6) is 0 Å². The van der Waals surface area contributed by atoms with Crippen molar-refractivity contribution in [1.82, 2.24) is 20.3 Å². The van der Waals surface area contributed by atoms with Crippen LogP contribution in [0.25, 0.3) is 11.4 Å². The first kappa shape index (κ1) is 22.0. The van der Waals surface area contributed by atoms with Crippen LogP contribution in [0.3, 0.4) is 0 Å². The Balaban J connectivity index is 1.61. The molecule has 0 aliphatic heterocycles. The Morgan fingerprint density at radius 1 is 1.03 bits per heavy atom. The van der Waals surface area contributed by atoms with E-state index in [9.17, 15) is 9.59 Å². The predicted molar refractivity (Wildman–Crippen MR) is 129 cm³/mol. The van der Waals surface area contributed by atoms with Crippen LogP contribution in [0.1, 0.15) is 27.7 Å². The highest BCUT2D eigenvalue weighted by Gasteiger charge is 2.18. The maximum atomic E-state index is 13.0. The lowest BCUT2D eigenvalue weighted by atomic mass is 10.0. The number of aromatic nitrogens is 3. The Bertz CT molecular complexity index is 1270. The van der Waals surface area contributed by atoms with Gasteiger partial charge in [-0.25, -0.2) is 4.98 Å². The smallest absolute Gasteiger partial charge is 0.251 e. The van der Waals surface area contributed by atoms with Gasteiger partial charge in [-0.2, -0.15) is 0 Å². The highest BCUT2D eigenvalue weighted by Crippen LogP contribution is 2.20. The first-order valence-corrected chi connectivity index (χ1v) is 10.6. The van der Waals surface area contributed by atoms with Crippen molar-refractivity contribution in [2.75, 3.05) is 19.0 Å². The quantitative estimate of drug-likeness (QED) is 0.459. The minimum Gasteiger partial charge on any atom is -0.378 e. The van der Waals surface area contributed by atoms with E-state index in [2.05, 4.69) is 20.3 Å². The minimum atomic E-state index is -0.358. The van der Waals surface area contributed by atoms with Gasteiger partial charge in [0.2, 0.25) is 0 Å². The number of carbonyl (C=O) groups is 1. The number of hydrogen-bond donors (Lipinski definition) is 2. The zero-order valence-corrected chi connectivity index (χ0v) is 18.5. The number of aromatic amines is 1. The fraction of sp³-hybridized carbons (Fsp3) is 0.154. The number of hydrogen-bond acceptors (Lipinski definition) is 5. The van der Waals surface area contributed by atoms with E-state index < -0.39 is 0 Å². The number of rotatable bonds is 7. The molecule has 2 N–H and O–H groups in total. The lowest BCUT2D eigenvalue weighted by Crippen LogP contribution is -2.30. The molecule has 4 aromatic rings. The first-order valence-electron chi connectivity index (χ1n) is 10.6. The Morgan fingerprint density at radius 3 is 2.45 bits per heavy atom. The molecule has 0 fully saturated rings. The van der Waals surface area contributed by atoms with E-state index in [1.54, 1.807) is 30.6 Å². The van der Waals surface area contributed by atoms with Crippen LogP contribution in [0.2, 0.25) is 0 Å². The number of nitrogens with zero attached hydrogens (tertiary/aromatic N) is 3. The molecule has 7 nitrogen and oxygen atoms in total. The second-order valence-corrected chi connectivity index (χ2v) is 7.91. The van der Waals surface area contributed by atoms with Crippen molar-refractivity contribution in [2.45, 2.75) is 12.5 Å². The van der Waals surface area contributed by atoms with Crippen molar-refractivity contribution in [1.29, 1.82) is 0 Å². The van der Waals surface area contributed by atoms with E-state index in [4.69, 9.17) is 0 Å². The molecule has 0 unspecified atom stereocenters. The molecule has 33 heavy (non-hydrogen) atoms. The highest BCUT2D eigenvalue weighted by atomic mass is 16.1. The molecular weight excluding hydrogens is 414 g/mol. The van der Waals surface area contributed by atoms with Gasteiger partial charge in [-0.1, -0.05) is 30.3 Å². The summed E-state index contributed by atoms with van der Waals surface area (Å²) in [5, 5.41) is 3.11. The maximum absolute atomic E-state index is 13.0. The molecule has 0 radical (unpaired) electrons. The molecule has 0 saturated heterocycles. The van der Waals surface area contributed by atoms with Crippen molar-refractivity contribution >= 4 is 11.6 Å². The summed E-state index contributed by atoms with van der Waals surface area (Å²) < 4.78 is 0. The third-order valence-electron chi connectivity index (χ3n) is 5.30. The lowest BCUT2D eigenvalue weighted by molar-refractivity contribution is 0.0936. The fourth-order valence-electron chi connectivity index (χ4n) is 3.55. The molecule has 7 heteroatoms. The first-order chi connectivity index (χ1) is 16.0. The van der Waals surface area contributed by atoms with Gasteiger partial charge in [0.1, 0.15) is 5.82 Å². The number of anilines is 1. The topological polar surface area (TPSA) is 91.0 Å². The Hall–Kier alpha value is -4.26. The second-order valence-electron chi connectivity index (χ2n) is 7.91. The number of pyridine rings is 1. The van der Waals surface area contributed by atoms with Crippen LogP contribution in [-0.4, -0.2) is 35.0 Å². The standard InChI is InChI=1S/C26H25N5O2/c1-31(2)22-12-10-19(11-13-22)26(33)29-23(18-7-4-3-5-8-18)15-21-16-24(32)30-25(28-21)20-9-6-14-27-17-20/h3-14,16-17,23H,15H2,1-2H3,(H,29,33)(H,28,30,32)/t23-/m0/s1. The SMILES string of the molecule is CN(C)c1ccc(C(=O)N[C@@H](Cc2cc(=O)[nH]c(-c3cccnc3)n2)c2ccccc2)cc1. The molecule has 0 spiro atoms. The van der Waals surface area contributed by atoms with Crippen molar-refractivity contribution in [2.24, 2.45) is 0 Å². The fourth-order valence-corrected chi connectivity index (χ4v) is 3.55. The van der Waals surface area contributed by atoms with Crippen molar-refractivity contribution < 1.29 is 4.79 Å². The molecule has 1 amide bonds. The molecule has 0 aliphatic carbocycles. The van der Waals surface area contributed by atoms with Gasteiger partial charge in [0.15, 0.2) is 0 Å². The third-order valence-corrected chi connectivity index (χ3v) is 5.30. The van der Waals surface area contributed by atoms with Crippen LogP contribution in [0.4, 0.5) is 5.69 Å². The van der Waals surface area contributed by atoms with Gasteiger partial charge >= 0.3 is 0 Å². The molecule has 166 valence electrons. The summed E-state index contributed by atoms with van der Waals surface area (Å²) in [5.74, 6) is 0.259. The van der Waals surface area contributed by atoms with Crippen LogP contribution < -0.4 is 15.8 Å². The predicted octanol–water partition coefficient (Wildman–Crippen LogP) is 3.61. The number of amides is 1. The monoisotopic (exact) mass is 439 g/mol. The zero-order valence-electron chi connectivity index (χ0n) is 18.5. The van der Waals surface area contributed by atoms with Crippen LogP contribution in [0.15, 0.2) is 90.0 Å². The van der Waals surface area contributed by atoms with E-state index >= 15 is 0 Å². The number of carbonyl (C=O) groups excluding carboxylic acids is 1. The molecule has 2 heterocycles. The van der Waals surface area contributed by atoms with Gasteiger partial charge in [0.05, 0.1) is 11.7 Å². The van der Waals surface area contributed by atoms with E-state index in [0.29, 0.717) is 23.5 Å². The molecule has 2 aromatic heterocycles.